The van der Waals surface area contributed by atoms with Crippen LogP contribution in [0.25, 0.3) is 0 Å². The van der Waals surface area contributed by atoms with E-state index in [-0.39, 0.29) is 24.0 Å². The SMILES string of the molecule is O=C1CCC2(CCC(=O)N2CCC2CNCCO2)N1CCC1CNCCO1. The standard InChI is InChI=1S/C19H32N4O4/c24-17-1-5-19(22(17)9-3-15-13-20-7-11-26-15)6-2-18(25)23(19)10-4-16-14-21-8-12-27-16/h15-16,20-21H,1-14H2. The minimum Gasteiger partial charge on any atom is -0.376 e. The van der Waals surface area contributed by atoms with Crippen molar-refractivity contribution in [1.29, 1.82) is 0 Å². The molecule has 152 valence electrons. The second-order valence-corrected chi connectivity index (χ2v) is 8.04. The number of rotatable bonds is 6. The predicted octanol–water partition coefficient (Wildman–Crippen LogP) is -0.315. The molecule has 2 N–H and O–H groups in total. The average molecular weight is 380 g/mol. The molecular formula is C19H32N4O4. The van der Waals surface area contributed by atoms with E-state index in [1.54, 1.807) is 0 Å². The van der Waals surface area contributed by atoms with Crippen LogP contribution in [0.15, 0.2) is 0 Å². The first kappa shape index (κ1) is 19.1. The number of carbonyl (C=O) groups is 2. The Morgan fingerprint density at radius 1 is 0.852 bits per heavy atom. The summed E-state index contributed by atoms with van der Waals surface area (Å²) >= 11 is 0. The first-order valence-corrected chi connectivity index (χ1v) is 10.4. The highest BCUT2D eigenvalue weighted by Crippen LogP contribution is 2.42. The second-order valence-electron chi connectivity index (χ2n) is 8.04. The molecule has 4 fully saturated rings. The molecule has 4 rings (SSSR count). The monoisotopic (exact) mass is 380 g/mol. The Morgan fingerprint density at radius 3 is 1.74 bits per heavy atom. The Kier molecular flexibility index (Phi) is 5.96. The lowest BCUT2D eigenvalue weighted by molar-refractivity contribution is -0.144. The maximum atomic E-state index is 12.7. The van der Waals surface area contributed by atoms with Gasteiger partial charge in [0, 0.05) is 52.1 Å². The van der Waals surface area contributed by atoms with Gasteiger partial charge in [-0.15, -0.1) is 0 Å². The van der Waals surface area contributed by atoms with Crippen molar-refractivity contribution in [3.63, 3.8) is 0 Å². The molecule has 4 saturated heterocycles. The normalized spacial score (nSPS) is 34.8. The van der Waals surface area contributed by atoms with Crippen molar-refractivity contribution < 1.29 is 19.1 Å². The van der Waals surface area contributed by atoms with Gasteiger partial charge < -0.3 is 29.9 Å². The molecule has 4 aliphatic heterocycles. The zero-order chi connectivity index (χ0) is 18.7. The Balaban J connectivity index is 1.40. The van der Waals surface area contributed by atoms with Crippen LogP contribution in [-0.2, 0) is 19.1 Å². The van der Waals surface area contributed by atoms with Crippen LogP contribution in [-0.4, -0.2) is 92.0 Å². The van der Waals surface area contributed by atoms with Crippen molar-refractivity contribution in [3.05, 3.63) is 0 Å². The summed E-state index contributed by atoms with van der Waals surface area (Å²) in [6.45, 7) is 6.24. The molecule has 4 aliphatic rings. The quantitative estimate of drug-likeness (QED) is 0.658. The summed E-state index contributed by atoms with van der Waals surface area (Å²) < 4.78 is 11.6. The lowest BCUT2D eigenvalue weighted by atomic mass is 10.0. The highest BCUT2D eigenvalue weighted by Gasteiger charge is 2.54. The van der Waals surface area contributed by atoms with Crippen LogP contribution in [0.5, 0.6) is 0 Å². The largest absolute Gasteiger partial charge is 0.376 e. The molecule has 0 radical (unpaired) electrons. The van der Waals surface area contributed by atoms with E-state index in [1.807, 2.05) is 9.80 Å². The summed E-state index contributed by atoms with van der Waals surface area (Å²) in [5, 5.41) is 6.68. The molecule has 8 heteroatoms. The van der Waals surface area contributed by atoms with Crippen molar-refractivity contribution in [1.82, 2.24) is 20.4 Å². The molecule has 8 nitrogen and oxygen atoms in total. The van der Waals surface area contributed by atoms with Crippen LogP contribution in [0.3, 0.4) is 0 Å². The lowest BCUT2D eigenvalue weighted by Gasteiger charge is -2.43. The predicted molar refractivity (Wildman–Crippen MR) is 99.1 cm³/mol. The molecule has 1 spiro atoms. The van der Waals surface area contributed by atoms with Gasteiger partial charge in [-0.2, -0.15) is 0 Å². The van der Waals surface area contributed by atoms with E-state index in [0.717, 1.165) is 65.1 Å². The molecule has 0 aromatic heterocycles. The zero-order valence-electron chi connectivity index (χ0n) is 16.1. The Hall–Kier alpha value is -1.22. The summed E-state index contributed by atoms with van der Waals surface area (Å²) in [6, 6.07) is 0. The number of nitrogens with one attached hydrogen (secondary N) is 2. The molecule has 0 aliphatic carbocycles. The number of morpholine rings is 2. The van der Waals surface area contributed by atoms with Crippen LogP contribution in [0.4, 0.5) is 0 Å². The number of nitrogens with zero attached hydrogens (tertiary/aromatic N) is 2. The fraction of sp³-hybridized carbons (Fsp3) is 0.895. The highest BCUT2D eigenvalue weighted by atomic mass is 16.5. The molecule has 0 bridgehead atoms. The number of likely N-dealkylation sites (tertiary alicyclic amines) is 2. The van der Waals surface area contributed by atoms with Crippen LogP contribution in [0.1, 0.15) is 38.5 Å². The minimum atomic E-state index is -0.418. The summed E-state index contributed by atoms with van der Waals surface area (Å²) in [5.41, 5.74) is -0.418. The van der Waals surface area contributed by atoms with E-state index in [2.05, 4.69) is 10.6 Å². The molecule has 2 unspecified atom stereocenters. The van der Waals surface area contributed by atoms with E-state index in [0.29, 0.717) is 25.9 Å². The van der Waals surface area contributed by atoms with Crippen LogP contribution in [0, 0.1) is 0 Å². The fourth-order valence-electron chi connectivity index (χ4n) is 4.98. The fourth-order valence-corrected chi connectivity index (χ4v) is 4.98. The van der Waals surface area contributed by atoms with E-state index in [1.165, 1.54) is 0 Å². The third-order valence-corrected chi connectivity index (χ3v) is 6.44. The van der Waals surface area contributed by atoms with Gasteiger partial charge in [0.1, 0.15) is 5.66 Å². The highest BCUT2D eigenvalue weighted by molar-refractivity contribution is 5.85. The van der Waals surface area contributed by atoms with Crippen LogP contribution in [0.2, 0.25) is 0 Å². The maximum Gasteiger partial charge on any atom is 0.224 e. The number of amides is 2. The zero-order valence-corrected chi connectivity index (χ0v) is 16.1. The number of carbonyl (C=O) groups excluding carboxylic acids is 2. The topological polar surface area (TPSA) is 83.1 Å². The smallest absolute Gasteiger partial charge is 0.224 e. The lowest BCUT2D eigenvalue weighted by Crippen LogP contribution is -2.57. The first-order chi connectivity index (χ1) is 13.2. The van der Waals surface area contributed by atoms with Gasteiger partial charge in [-0.05, 0) is 25.7 Å². The average Bonchev–Trinajstić information content (AvgIpc) is 3.20. The molecular weight excluding hydrogens is 348 g/mol. The van der Waals surface area contributed by atoms with Gasteiger partial charge in [0.2, 0.25) is 11.8 Å². The molecule has 4 heterocycles. The van der Waals surface area contributed by atoms with E-state index in [4.69, 9.17) is 9.47 Å². The van der Waals surface area contributed by atoms with Crippen LogP contribution >= 0.6 is 0 Å². The maximum absolute atomic E-state index is 12.7. The van der Waals surface area contributed by atoms with Gasteiger partial charge >= 0.3 is 0 Å². The van der Waals surface area contributed by atoms with Gasteiger partial charge in [0.25, 0.3) is 0 Å². The van der Waals surface area contributed by atoms with Gasteiger partial charge in [0.15, 0.2) is 0 Å². The van der Waals surface area contributed by atoms with Gasteiger partial charge in [-0.3, -0.25) is 9.59 Å². The third kappa shape index (κ3) is 3.99. The van der Waals surface area contributed by atoms with Gasteiger partial charge in [-0.1, -0.05) is 0 Å². The van der Waals surface area contributed by atoms with Crippen molar-refractivity contribution in [2.45, 2.75) is 56.4 Å². The Labute approximate surface area is 160 Å². The molecule has 0 aromatic carbocycles. The van der Waals surface area contributed by atoms with Crippen molar-refractivity contribution in [2.24, 2.45) is 0 Å². The van der Waals surface area contributed by atoms with Gasteiger partial charge in [0.05, 0.1) is 25.4 Å². The molecule has 27 heavy (non-hydrogen) atoms. The number of ether oxygens (including phenoxy) is 2. The van der Waals surface area contributed by atoms with Crippen LogP contribution < -0.4 is 10.6 Å². The number of hydrogen-bond donors (Lipinski definition) is 2. The Bertz CT molecular complexity index is 498. The van der Waals surface area contributed by atoms with Crippen molar-refractivity contribution in [2.75, 3.05) is 52.5 Å². The van der Waals surface area contributed by atoms with Crippen molar-refractivity contribution in [3.8, 4) is 0 Å². The van der Waals surface area contributed by atoms with Crippen molar-refractivity contribution >= 4 is 11.8 Å². The Morgan fingerprint density at radius 2 is 1.33 bits per heavy atom. The summed E-state index contributed by atoms with van der Waals surface area (Å²) in [7, 11) is 0. The van der Waals surface area contributed by atoms with E-state index < -0.39 is 5.66 Å². The molecule has 0 aromatic rings. The van der Waals surface area contributed by atoms with E-state index >= 15 is 0 Å². The molecule has 2 atom stereocenters. The first-order valence-electron chi connectivity index (χ1n) is 10.4. The third-order valence-electron chi connectivity index (χ3n) is 6.44. The summed E-state index contributed by atoms with van der Waals surface area (Å²) in [5.74, 6) is 0.350. The van der Waals surface area contributed by atoms with Gasteiger partial charge in [-0.25, -0.2) is 0 Å². The summed E-state index contributed by atoms with van der Waals surface area (Å²) in [6.07, 6.45) is 4.52. The van der Waals surface area contributed by atoms with E-state index in [9.17, 15) is 9.59 Å². The summed E-state index contributed by atoms with van der Waals surface area (Å²) in [4.78, 5) is 29.3. The second kappa shape index (κ2) is 8.43. The number of hydrogen-bond acceptors (Lipinski definition) is 6. The minimum absolute atomic E-state index is 0.150. The molecule has 0 saturated carbocycles. The molecule has 2 amide bonds.